The summed E-state index contributed by atoms with van der Waals surface area (Å²) in [5.74, 6) is 0.979. The molecule has 110 valence electrons. The number of pyridine rings is 1. The fourth-order valence-corrected chi connectivity index (χ4v) is 2.61. The average Bonchev–Trinajstić information content (AvgIpc) is 2.38. The Morgan fingerprint density at radius 3 is 2.65 bits per heavy atom. The van der Waals surface area contributed by atoms with Crippen molar-refractivity contribution >= 4 is 28.8 Å². The lowest BCUT2D eigenvalue weighted by Crippen LogP contribution is -2.45. The van der Waals surface area contributed by atoms with Crippen molar-refractivity contribution in [2.45, 2.75) is 33.0 Å². The highest BCUT2D eigenvalue weighted by molar-refractivity contribution is 7.80. The second kappa shape index (κ2) is 6.85. The molecule has 1 aliphatic rings. The normalized spacial score (nSPS) is 22.4. The van der Waals surface area contributed by atoms with Crippen molar-refractivity contribution in [2.75, 3.05) is 29.9 Å². The zero-order valence-electron chi connectivity index (χ0n) is 12.2. The maximum absolute atomic E-state index is 5.73. The number of anilines is 2. The zero-order chi connectivity index (χ0) is 14.5. The van der Waals surface area contributed by atoms with Crippen molar-refractivity contribution in [1.82, 2.24) is 10.3 Å². The van der Waals surface area contributed by atoms with Gasteiger partial charge >= 0.3 is 0 Å². The van der Waals surface area contributed by atoms with Crippen molar-refractivity contribution in [1.29, 1.82) is 0 Å². The summed E-state index contributed by atoms with van der Waals surface area (Å²) in [6.45, 7) is 8.75. The Kier molecular flexibility index (Phi) is 5.14. The first-order chi connectivity index (χ1) is 9.58. The third-order valence-electron chi connectivity index (χ3n) is 3.09. The Labute approximate surface area is 125 Å². The van der Waals surface area contributed by atoms with Crippen LogP contribution in [0.1, 0.15) is 20.8 Å². The van der Waals surface area contributed by atoms with E-state index in [0.29, 0.717) is 5.11 Å². The number of hydrogen-bond donors (Lipinski definition) is 2. The highest BCUT2D eigenvalue weighted by Crippen LogP contribution is 2.19. The molecule has 0 spiro atoms. The van der Waals surface area contributed by atoms with Gasteiger partial charge < -0.3 is 20.3 Å². The number of nitrogens with zero attached hydrogens (tertiary/aromatic N) is 2. The second-order valence-electron chi connectivity index (χ2n) is 5.05. The SMILES string of the molecule is CCNC(=S)Nc1ccc(N2C[C@@H](C)O[C@@H](C)C2)nc1. The predicted molar refractivity (Wildman–Crippen MR) is 86.4 cm³/mol. The molecule has 0 aliphatic carbocycles. The number of morpholine rings is 1. The highest BCUT2D eigenvalue weighted by Gasteiger charge is 2.22. The Bertz CT molecular complexity index is 441. The number of thiocarbonyl (C=S) groups is 1. The summed E-state index contributed by atoms with van der Waals surface area (Å²) in [6, 6.07) is 4.01. The Morgan fingerprint density at radius 2 is 2.10 bits per heavy atom. The molecule has 0 amide bonds. The lowest BCUT2D eigenvalue weighted by atomic mass is 10.2. The van der Waals surface area contributed by atoms with E-state index in [1.165, 1.54) is 0 Å². The summed E-state index contributed by atoms with van der Waals surface area (Å²) in [4.78, 5) is 6.76. The van der Waals surface area contributed by atoms with Crippen molar-refractivity contribution in [3.63, 3.8) is 0 Å². The fourth-order valence-electron chi connectivity index (χ4n) is 2.35. The first kappa shape index (κ1) is 15.0. The molecule has 1 aliphatic heterocycles. The zero-order valence-corrected chi connectivity index (χ0v) is 13.0. The van der Waals surface area contributed by atoms with Crippen molar-refractivity contribution in [3.05, 3.63) is 18.3 Å². The molecule has 0 saturated carbocycles. The van der Waals surface area contributed by atoms with E-state index in [0.717, 1.165) is 31.1 Å². The van der Waals surface area contributed by atoms with Gasteiger partial charge in [0.15, 0.2) is 5.11 Å². The van der Waals surface area contributed by atoms with E-state index in [2.05, 4.69) is 34.4 Å². The molecule has 1 fully saturated rings. The molecule has 2 atom stereocenters. The Hall–Kier alpha value is -1.40. The molecule has 1 aromatic rings. The lowest BCUT2D eigenvalue weighted by Gasteiger charge is -2.36. The second-order valence-corrected chi connectivity index (χ2v) is 5.46. The summed E-state index contributed by atoms with van der Waals surface area (Å²) >= 11 is 5.15. The van der Waals surface area contributed by atoms with Gasteiger partial charge in [-0.15, -0.1) is 0 Å². The Balaban J connectivity index is 1.99. The first-order valence-electron chi connectivity index (χ1n) is 6.99. The number of hydrogen-bond acceptors (Lipinski definition) is 4. The molecule has 2 rings (SSSR count). The summed E-state index contributed by atoms with van der Waals surface area (Å²) < 4.78 is 5.73. The molecule has 20 heavy (non-hydrogen) atoms. The third kappa shape index (κ3) is 4.05. The molecule has 0 radical (unpaired) electrons. The minimum Gasteiger partial charge on any atom is -0.372 e. The van der Waals surface area contributed by atoms with Gasteiger partial charge in [-0.25, -0.2) is 4.98 Å². The minimum atomic E-state index is 0.236. The van der Waals surface area contributed by atoms with Crippen LogP contribution < -0.4 is 15.5 Å². The van der Waals surface area contributed by atoms with Crippen LogP contribution >= 0.6 is 12.2 Å². The topological polar surface area (TPSA) is 49.4 Å². The van der Waals surface area contributed by atoms with Crippen LogP contribution in [-0.4, -0.2) is 41.9 Å². The molecule has 2 heterocycles. The van der Waals surface area contributed by atoms with Gasteiger partial charge in [0, 0.05) is 19.6 Å². The first-order valence-corrected chi connectivity index (χ1v) is 7.40. The van der Waals surface area contributed by atoms with E-state index < -0.39 is 0 Å². The van der Waals surface area contributed by atoms with Gasteiger partial charge in [0.1, 0.15) is 5.82 Å². The van der Waals surface area contributed by atoms with Crippen molar-refractivity contribution in [2.24, 2.45) is 0 Å². The van der Waals surface area contributed by atoms with Crippen LogP contribution in [0.25, 0.3) is 0 Å². The van der Waals surface area contributed by atoms with Crippen LogP contribution in [0, 0.1) is 0 Å². The lowest BCUT2D eigenvalue weighted by molar-refractivity contribution is -0.00545. The van der Waals surface area contributed by atoms with Crippen LogP contribution in [-0.2, 0) is 4.74 Å². The van der Waals surface area contributed by atoms with E-state index in [-0.39, 0.29) is 12.2 Å². The van der Waals surface area contributed by atoms with E-state index in [1.54, 1.807) is 0 Å². The molecule has 0 bridgehead atoms. The van der Waals surface area contributed by atoms with E-state index in [1.807, 2.05) is 25.3 Å². The molecule has 1 saturated heterocycles. The van der Waals surface area contributed by atoms with Crippen molar-refractivity contribution in [3.8, 4) is 0 Å². The standard InChI is InChI=1S/C14H22N4OS/c1-4-15-14(20)17-12-5-6-13(16-7-12)18-8-10(2)19-11(3)9-18/h5-7,10-11H,4,8-9H2,1-3H3,(H2,15,17,20)/t10-,11+. The van der Waals surface area contributed by atoms with Crippen LogP contribution in [0.2, 0.25) is 0 Å². The quantitative estimate of drug-likeness (QED) is 0.832. The van der Waals surface area contributed by atoms with Crippen LogP contribution in [0.5, 0.6) is 0 Å². The van der Waals surface area contributed by atoms with Gasteiger partial charge in [-0.1, -0.05) is 0 Å². The maximum atomic E-state index is 5.73. The number of ether oxygens (including phenoxy) is 1. The largest absolute Gasteiger partial charge is 0.372 e. The van der Waals surface area contributed by atoms with Crippen LogP contribution in [0.15, 0.2) is 18.3 Å². The monoisotopic (exact) mass is 294 g/mol. The molecule has 1 aromatic heterocycles. The third-order valence-corrected chi connectivity index (χ3v) is 3.33. The summed E-state index contributed by atoms with van der Waals surface area (Å²) in [7, 11) is 0. The van der Waals surface area contributed by atoms with Gasteiger partial charge in [-0.05, 0) is 45.1 Å². The van der Waals surface area contributed by atoms with E-state index in [9.17, 15) is 0 Å². The van der Waals surface area contributed by atoms with Gasteiger partial charge in [-0.2, -0.15) is 0 Å². The summed E-state index contributed by atoms with van der Waals surface area (Å²) in [6.07, 6.45) is 2.28. The van der Waals surface area contributed by atoms with Gasteiger partial charge in [-0.3, -0.25) is 0 Å². The van der Waals surface area contributed by atoms with E-state index in [4.69, 9.17) is 17.0 Å². The van der Waals surface area contributed by atoms with E-state index >= 15 is 0 Å². The molecule has 6 heteroatoms. The van der Waals surface area contributed by atoms with Gasteiger partial charge in [0.2, 0.25) is 0 Å². The fraction of sp³-hybridized carbons (Fsp3) is 0.571. The number of nitrogens with one attached hydrogen (secondary N) is 2. The van der Waals surface area contributed by atoms with Crippen LogP contribution in [0.3, 0.4) is 0 Å². The number of rotatable bonds is 3. The average molecular weight is 294 g/mol. The molecular weight excluding hydrogens is 272 g/mol. The van der Waals surface area contributed by atoms with Crippen molar-refractivity contribution < 1.29 is 4.74 Å². The highest BCUT2D eigenvalue weighted by atomic mass is 32.1. The van der Waals surface area contributed by atoms with Crippen LogP contribution in [0.4, 0.5) is 11.5 Å². The molecule has 0 aromatic carbocycles. The number of aromatic nitrogens is 1. The minimum absolute atomic E-state index is 0.236. The smallest absolute Gasteiger partial charge is 0.170 e. The molecule has 5 nitrogen and oxygen atoms in total. The molecular formula is C14H22N4OS. The summed E-state index contributed by atoms with van der Waals surface area (Å²) in [5.41, 5.74) is 0.897. The Morgan fingerprint density at radius 1 is 1.40 bits per heavy atom. The summed E-state index contributed by atoms with van der Waals surface area (Å²) in [5, 5.41) is 6.78. The molecule has 0 unspecified atom stereocenters. The molecule has 2 N–H and O–H groups in total. The predicted octanol–water partition coefficient (Wildman–Crippen LogP) is 2.00. The maximum Gasteiger partial charge on any atom is 0.170 e. The van der Waals surface area contributed by atoms with Gasteiger partial charge in [0.25, 0.3) is 0 Å². The van der Waals surface area contributed by atoms with Gasteiger partial charge in [0.05, 0.1) is 24.1 Å².